The monoisotopic (exact) mass is 480 g/mol. The van der Waals surface area contributed by atoms with Gasteiger partial charge in [-0.2, -0.15) is 0 Å². The first-order valence-corrected chi connectivity index (χ1v) is 11.8. The van der Waals surface area contributed by atoms with Crippen molar-refractivity contribution in [2.24, 2.45) is 0 Å². The second-order valence-electron chi connectivity index (χ2n) is 9.02. The van der Waals surface area contributed by atoms with Crippen molar-refractivity contribution in [2.75, 3.05) is 31.1 Å². The molecule has 0 saturated carbocycles. The fourth-order valence-corrected chi connectivity index (χ4v) is 5.11. The van der Waals surface area contributed by atoms with E-state index >= 15 is 0 Å². The molecule has 1 atom stereocenters. The zero-order valence-electron chi connectivity index (χ0n) is 18.8. The van der Waals surface area contributed by atoms with Gasteiger partial charge in [0.05, 0.1) is 11.1 Å². The van der Waals surface area contributed by atoms with Crippen LogP contribution in [0.4, 0.5) is 5.69 Å². The molecule has 9 heteroatoms. The molecule has 0 aliphatic carbocycles. The van der Waals surface area contributed by atoms with Crippen molar-refractivity contribution >= 4 is 40.9 Å². The van der Waals surface area contributed by atoms with Crippen LogP contribution in [-0.2, 0) is 16.1 Å². The van der Waals surface area contributed by atoms with Gasteiger partial charge >= 0.3 is 0 Å². The highest BCUT2D eigenvalue weighted by Crippen LogP contribution is 2.29. The number of anilines is 1. The molecule has 2 fully saturated rings. The maximum absolute atomic E-state index is 13.0. The van der Waals surface area contributed by atoms with Crippen LogP contribution < -0.4 is 10.2 Å². The molecule has 2 aromatic rings. The zero-order chi connectivity index (χ0) is 24.0. The molecule has 176 valence electrons. The van der Waals surface area contributed by atoms with Crippen molar-refractivity contribution < 1.29 is 19.2 Å². The second-order valence-corrected chi connectivity index (χ2v) is 9.46. The number of piperidine rings is 1. The number of amides is 4. The summed E-state index contributed by atoms with van der Waals surface area (Å²) < 4.78 is 0. The van der Waals surface area contributed by atoms with E-state index in [1.165, 1.54) is 5.56 Å². The summed E-state index contributed by atoms with van der Waals surface area (Å²) in [5, 5.41) is 2.95. The molecular weight excluding hydrogens is 456 g/mol. The Balaban J connectivity index is 1.26. The average Bonchev–Trinajstić information content (AvgIpc) is 3.06. The fourth-order valence-electron chi connectivity index (χ4n) is 4.94. The Morgan fingerprint density at radius 3 is 2.41 bits per heavy atom. The van der Waals surface area contributed by atoms with Crippen molar-refractivity contribution in [2.45, 2.75) is 32.4 Å². The summed E-state index contributed by atoms with van der Waals surface area (Å²) in [4.78, 5) is 55.3. The van der Waals surface area contributed by atoms with Gasteiger partial charge in [-0.15, -0.1) is 0 Å². The molecule has 0 aromatic heterocycles. The van der Waals surface area contributed by atoms with E-state index < -0.39 is 23.8 Å². The molecule has 3 heterocycles. The SMILES string of the molecule is Cc1ccc(Cl)cc1N1CCN(Cc2ccc3c(c2)C(=O)N(C2CCC(=O)NC2=O)C3=O)CC1. The highest BCUT2D eigenvalue weighted by Gasteiger charge is 2.44. The molecule has 0 spiro atoms. The van der Waals surface area contributed by atoms with Crippen LogP contribution in [0, 0.1) is 6.92 Å². The molecule has 5 rings (SSSR count). The van der Waals surface area contributed by atoms with E-state index in [9.17, 15) is 19.2 Å². The predicted octanol–water partition coefficient (Wildman–Crippen LogP) is 2.37. The van der Waals surface area contributed by atoms with Crippen LogP contribution in [0.15, 0.2) is 36.4 Å². The first-order valence-electron chi connectivity index (χ1n) is 11.4. The molecular formula is C25H25ClN4O4. The number of benzene rings is 2. The third-order valence-corrected chi connectivity index (χ3v) is 7.03. The number of carbonyl (C=O) groups is 4. The molecule has 3 aliphatic heterocycles. The largest absolute Gasteiger partial charge is 0.369 e. The predicted molar refractivity (Wildman–Crippen MR) is 127 cm³/mol. The first-order chi connectivity index (χ1) is 16.3. The Kier molecular flexibility index (Phi) is 5.87. The van der Waals surface area contributed by atoms with E-state index in [4.69, 9.17) is 11.6 Å². The third-order valence-electron chi connectivity index (χ3n) is 6.79. The van der Waals surface area contributed by atoms with Gasteiger partial charge in [0.25, 0.3) is 11.8 Å². The minimum Gasteiger partial charge on any atom is -0.369 e. The number of piperazine rings is 1. The van der Waals surface area contributed by atoms with E-state index in [-0.39, 0.29) is 18.7 Å². The summed E-state index contributed by atoms with van der Waals surface area (Å²) in [5.41, 5.74) is 3.92. The summed E-state index contributed by atoms with van der Waals surface area (Å²) >= 11 is 6.19. The van der Waals surface area contributed by atoms with E-state index in [1.54, 1.807) is 12.1 Å². The van der Waals surface area contributed by atoms with Crippen molar-refractivity contribution in [3.05, 3.63) is 63.7 Å². The van der Waals surface area contributed by atoms with Crippen LogP contribution in [0.2, 0.25) is 5.02 Å². The average molecular weight is 481 g/mol. The smallest absolute Gasteiger partial charge is 0.262 e. The number of rotatable bonds is 4. The second kappa shape index (κ2) is 8.85. The number of imide groups is 2. The summed E-state index contributed by atoms with van der Waals surface area (Å²) in [5.74, 6) is -1.94. The molecule has 2 aromatic carbocycles. The molecule has 34 heavy (non-hydrogen) atoms. The number of hydrogen-bond donors (Lipinski definition) is 1. The quantitative estimate of drug-likeness (QED) is 0.676. The molecule has 3 aliphatic rings. The molecule has 2 saturated heterocycles. The van der Waals surface area contributed by atoms with Crippen molar-refractivity contribution in [1.29, 1.82) is 0 Å². The van der Waals surface area contributed by atoms with Gasteiger partial charge in [0.2, 0.25) is 11.8 Å². The third kappa shape index (κ3) is 4.08. The summed E-state index contributed by atoms with van der Waals surface area (Å²) in [6, 6.07) is 10.3. The van der Waals surface area contributed by atoms with Crippen LogP contribution in [0.3, 0.4) is 0 Å². The molecule has 8 nitrogen and oxygen atoms in total. The van der Waals surface area contributed by atoms with Crippen LogP contribution >= 0.6 is 11.6 Å². The van der Waals surface area contributed by atoms with Gasteiger partial charge in [0.15, 0.2) is 0 Å². The lowest BCUT2D eigenvalue weighted by Gasteiger charge is -2.37. The van der Waals surface area contributed by atoms with Gasteiger partial charge in [-0.05, 0) is 48.7 Å². The summed E-state index contributed by atoms with van der Waals surface area (Å²) in [6.45, 7) is 6.20. The molecule has 4 amide bonds. The molecule has 0 bridgehead atoms. The van der Waals surface area contributed by atoms with Crippen LogP contribution in [-0.4, -0.2) is 65.6 Å². The van der Waals surface area contributed by atoms with E-state index in [0.29, 0.717) is 17.7 Å². The number of carbonyl (C=O) groups excluding carboxylic acids is 4. The van der Waals surface area contributed by atoms with Gasteiger partial charge in [0, 0.05) is 49.9 Å². The van der Waals surface area contributed by atoms with E-state index in [1.807, 2.05) is 24.3 Å². The lowest BCUT2D eigenvalue weighted by Crippen LogP contribution is -2.54. The Bertz CT molecular complexity index is 1210. The topological polar surface area (TPSA) is 90.0 Å². The normalized spacial score (nSPS) is 21.2. The Morgan fingerprint density at radius 1 is 0.941 bits per heavy atom. The number of nitrogens with one attached hydrogen (secondary N) is 1. The van der Waals surface area contributed by atoms with Crippen molar-refractivity contribution in [1.82, 2.24) is 15.1 Å². The first kappa shape index (κ1) is 22.6. The number of fused-ring (bicyclic) bond motifs is 1. The zero-order valence-corrected chi connectivity index (χ0v) is 19.6. The fraction of sp³-hybridized carbons (Fsp3) is 0.360. The molecule has 1 N–H and O–H groups in total. The van der Waals surface area contributed by atoms with Gasteiger partial charge in [0.1, 0.15) is 6.04 Å². The highest BCUT2D eigenvalue weighted by atomic mass is 35.5. The lowest BCUT2D eigenvalue weighted by atomic mass is 10.0. The molecule has 0 radical (unpaired) electrons. The van der Waals surface area contributed by atoms with Crippen molar-refractivity contribution in [3.63, 3.8) is 0 Å². The van der Waals surface area contributed by atoms with Gasteiger partial charge in [-0.3, -0.25) is 34.3 Å². The maximum Gasteiger partial charge on any atom is 0.262 e. The highest BCUT2D eigenvalue weighted by molar-refractivity contribution is 6.30. The number of aryl methyl sites for hydroxylation is 1. The van der Waals surface area contributed by atoms with Crippen LogP contribution in [0.25, 0.3) is 0 Å². The van der Waals surface area contributed by atoms with Crippen LogP contribution in [0.5, 0.6) is 0 Å². The summed E-state index contributed by atoms with van der Waals surface area (Å²) in [7, 11) is 0. The molecule has 1 unspecified atom stereocenters. The Morgan fingerprint density at radius 2 is 1.68 bits per heavy atom. The standard InChI is InChI=1S/C25H25ClN4O4/c1-15-2-4-17(26)13-21(15)29-10-8-28(9-11-29)14-16-3-5-18-19(12-16)25(34)30(24(18)33)20-6-7-22(31)27-23(20)32/h2-5,12-13,20H,6-11,14H2,1H3,(H,27,31,32). The number of hydrogen-bond acceptors (Lipinski definition) is 6. The maximum atomic E-state index is 13.0. The van der Waals surface area contributed by atoms with Gasteiger partial charge in [-0.1, -0.05) is 23.7 Å². The minimum absolute atomic E-state index is 0.107. The van der Waals surface area contributed by atoms with Crippen molar-refractivity contribution in [3.8, 4) is 0 Å². The Hall–Kier alpha value is -3.23. The van der Waals surface area contributed by atoms with E-state index in [2.05, 4.69) is 22.0 Å². The van der Waals surface area contributed by atoms with Gasteiger partial charge in [-0.25, -0.2) is 0 Å². The minimum atomic E-state index is -0.948. The Labute approximate surface area is 202 Å². The number of halogens is 1. The van der Waals surface area contributed by atoms with Crippen LogP contribution in [0.1, 0.15) is 44.7 Å². The van der Waals surface area contributed by atoms with E-state index in [0.717, 1.165) is 47.4 Å². The lowest BCUT2D eigenvalue weighted by molar-refractivity contribution is -0.136. The summed E-state index contributed by atoms with van der Waals surface area (Å²) in [6.07, 6.45) is 0.259. The van der Waals surface area contributed by atoms with Gasteiger partial charge < -0.3 is 4.90 Å². The number of nitrogens with zero attached hydrogens (tertiary/aromatic N) is 3.